The van der Waals surface area contributed by atoms with E-state index in [4.69, 9.17) is 11.6 Å². The average Bonchev–Trinajstić information content (AvgIpc) is 3.06. The lowest BCUT2D eigenvalue weighted by molar-refractivity contribution is 0.509. The van der Waals surface area contributed by atoms with Gasteiger partial charge in [0.15, 0.2) is 11.6 Å². The summed E-state index contributed by atoms with van der Waals surface area (Å²) in [7, 11) is 0. The molecule has 0 saturated heterocycles. The van der Waals surface area contributed by atoms with E-state index in [9.17, 15) is 8.78 Å². The van der Waals surface area contributed by atoms with Crippen LogP contribution in [0.1, 0.15) is 31.6 Å². The van der Waals surface area contributed by atoms with Crippen LogP contribution in [0.25, 0.3) is 11.0 Å². The summed E-state index contributed by atoms with van der Waals surface area (Å²) in [6.45, 7) is 2.10. The van der Waals surface area contributed by atoms with E-state index >= 15 is 0 Å². The smallest absolute Gasteiger partial charge is 0.184 e. The molecule has 2 unspecified atom stereocenters. The maximum atomic E-state index is 13.9. The van der Waals surface area contributed by atoms with Gasteiger partial charge in [-0.25, -0.2) is 13.8 Å². The quantitative estimate of drug-likeness (QED) is 0.770. The van der Waals surface area contributed by atoms with E-state index in [0.29, 0.717) is 17.3 Å². The topological polar surface area (TPSA) is 17.8 Å². The lowest BCUT2D eigenvalue weighted by Gasteiger charge is -2.07. The van der Waals surface area contributed by atoms with Gasteiger partial charge in [0.1, 0.15) is 11.3 Å². The number of benzene rings is 1. The second-order valence-electron chi connectivity index (χ2n) is 4.73. The van der Waals surface area contributed by atoms with Crippen molar-refractivity contribution >= 4 is 22.6 Å². The van der Waals surface area contributed by atoms with Crippen LogP contribution in [0.4, 0.5) is 8.78 Å². The van der Waals surface area contributed by atoms with Crippen LogP contribution in [0.5, 0.6) is 0 Å². The molecule has 2 nitrogen and oxygen atoms in total. The highest BCUT2D eigenvalue weighted by atomic mass is 35.5. The second-order valence-corrected chi connectivity index (χ2v) is 5.00. The maximum Gasteiger partial charge on any atom is 0.184 e. The molecule has 0 radical (unpaired) electrons. The van der Waals surface area contributed by atoms with E-state index in [1.54, 1.807) is 4.57 Å². The van der Waals surface area contributed by atoms with Gasteiger partial charge in [0.2, 0.25) is 0 Å². The number of nitrogens with zero attached hydrogens (tertiary/aromatic N) is 2. The molecule has 0 N–H and O–H groups in total. The minimum Gasteiger partial charge on any atom is -0.321 e. The largest absolute Gasteiger partial charge is 0.321 e. The SMILES string of the molecule is CCC1CC1n1c(CCl)nc2ccc(F)c(F)c21. The Hall–Kier alpha value is -1.16. The first-order valence-corrected chi connectivity index (χ1v) is 6.61. The van der Waals surface area contributed by atoms with Crippen molar-refractivity contribution in [3.63, 3.8) is 0 Å². The number of hydrogen-bond acceptors (Lipinski definition) is 1. The Labute approximate surface area is 109 Å². The third-order valence-electron chi connectivity index (χ3n) is 3.68. The van der Waals surface area contributed by atoms with Crippen molar-refractivity contribution in [2.75, 3.05) is 0 Å². The van der Waals surface area contributed by atoms with Gasteiger partial charge in [-0.05, 0) is 24.5 Å². The zero-order valence-corrected chi connectivity index (χ0v) is 10.7. The Morgan fingerprint density at radius 1 is 1.44 bits per heavy atom. The number of imidazole rings is 1. The summed E-state index contributed by atoms with van der Waals surface area (Å²) in [5, 5.41) is 0. The summed E-state index contributed by atoms with van der Waals surface area (Å²) in [6, 6.07) is 2.82. The minimum absolute atomic E-state index is 0.211. The van der Waals surface area contributed by atoms with Gasteiger partial charge in [-0.3, -0.25) is 0 Å². The molecule has 1 saturated carbocycles. The highest BCUT2D eigenvalue weighted by Crippen LogP contribution is 2.48. The lowest BCUT2D eigenvalue weighted by Crippen LogP contribution is -2.03. The molecule has 1 fully saturated rings. The summed E-state index contributed by atoms with van der Waals surface area (Å²) in [5.74, 6) is -0.302. The molecule has 0 amide bonds. The molecule has 0 aliphatic heterocycles. The fourth-order valence-corrected chi connectivity index (χ4v) is 2.80. The number of hydrogen-bond donors (Lipinski definition) is 0. The number of aromatic nitrogens is 2. The zero-order valence-electron chi connectivity index (χ0n) is 9.96. The molecule has 2 atom stereocenters. The molecule has 5 heteroatoms. The molecule has 1 aromatic carbocycles. The first-order chi connectivity index (χ1) is 8.67. The third kappa shape index (κ3) is 1.62. The van der Waals surface area contributed by atoms with Crippen LogP contribution in [0.2, 0.25) is 0 Å². The van der Waals surface area contributed by atoms with Crippen molar-refractivity contribution in [3.8, 4) is 0 Å². The Kier molecular flexibility index (Phi) is 2.77. The molecule has 1 heterocycles. The predicted molar refractivity (Wildman–Crippen MR) is 66.6 cm³/mol. The number of alkyl halides is 1. The Bertz CT molecular complexity index is 609. The van der Waals surface area contributed by atoms with Crippen molar-refractivity contribution in [3.05, 3.63) is 29.6 Å². The fraction of sp³-hybridized carbons (Fsp3) is 0.462. The second kappa shape index (κ2) is 4.19. The molecule has 2 aromatic rings. The van der Waals surface area contributed by atoms with Crippen molar-refractivity contribution in [1.82, 2.24) is 9.55 Å². The van der Waals surface area contributed by atoms with Gasteiger partial charge in [-0.1, -0.05) is 13.3 Å². The van der Waals surface area contributed by atoms with E-state index in [2.05, 4.69) is 11.9 Å². The van der Waals surface area contributed by atoms with Gasteiger partial charge >= 0.3 is 0 Å². The summed E-state index contributed by atoms with van der Waals surface area (Å²) in [5.41, 5.74) is 0.734. The molecular weight excluding hydrogens is 258 g/mol. The molecule has 1 aromatic heterocycles. The monoisotopic (exact) mass is 270 g/mol. The molecule has 3 rings (SSSR count). The van der Waals surface area contributed by atoms with E-state index in [0.717, 1.165) is 18.9 Å². The van der Waals surface area contributed by atoms with Crippen molar-refractivity contribution in [2.45, 2.75) is 31.7 Å². The molecular formula is C13H13ClF2N2. The van der Waals surface area contributed by atoms with Crippen LogP contribution in [0.3, 0.4) is 0 Å². The normalized spacial score (nSPS) is 22.7. The highest BCUT2D eigenvalue weighted by molar-refractivity contribution is 6.16. The van der Waals surface area contributed by atoms with Crippen LogP contribution in [-0.2, 0) is 5.88 Å². The van der Waals surface area contributed by atoms with Crippen molar-refractivity contribution < 1.29 is 8.78 Å². The van der Waals surface area contributed by atoms with Gasteiger partial charge in [0.25, 0.3) is 0 Å². The van der Waals surface area contributed by atoms with Crippen LogP contribution in [0.15, 0.2) is 12.1 Å². The van der Waals surface area contributed by atoms with E-state index in [1.165, 1.54) is 6.07 Å². The Morgan fingerprint density at radius 3 is 2.83 bits per heavy atom. The van der Waals surface area contributed by atoms with Crippen LogP contribution >= 0.6 is 11.6 Å². The fourth-order valence-electron chi connectivity index (χ4n) is 2.61. The first kappa shape index (κ1) is 11.9. The Morgan fingerprint density at radius 2 is 2.22 bits per heavy atom. The van der Waals surface area contributed by atoms with E-state index in [1.807, 2.05) is 0 Å². The Balaban J connectivity index is 2.23. The van der Waals surface area contributed by atoms with Gasteiger partial charge in [-0.2, -0.15) is 0 Å². The van der Waals surface area contributed by atoms with Gasteiger partial charge in [-0.15, -0.1) is 11.6 Å². The lowest BCUT2D eigenvalue weighted by atomic mass is 10.2. The van der Waals surface area contributed by atoms with Crippen LogP contribution in [0, 0.1) is 17.6 Å². The average molecular weight is 271 g/mol. The molecule has 1 aliphatic carbocycles. The summed E-state index contributed by atoms with van der Waals surface area (Å²) in [6.07, 6.45) is 2.02. The summed E-state index contributed by atoms with van der Waals surface area (Å²) >= 11 is 5.86. The number of halogens is 3. The first-order valence-electron chi connectivity index (χ1n) is 6.08. The highest BCUT2D eigenvalue weighted by Gasteiger charge is 2.39. The van der Waals surface area contributed by atoms with Crippen LogP contribution in [-0.4, -0.2) is 9.55 Å². The molecule has 0 bridgehead atoms. The van der Waals surface area contributed by atoms with E-state index in [-0.39, 0.29) is 17.4 Å². The molecule has 96 valence electrons. The number of rotatable bonds is 3. The zero-order chi connectivity index (χ0) is 12.9. The van der Waals surface area contributed by atoms with Gasteiger partial charge in [0.05, 0.1) is 11.4 Å². The van der Waals surface area contributed by atoms with Gasteiger partial charge in [0, 0.05) is 6.04 Å². The summed E-state index contributed by atoms with van der Waals surface area (Å²) in [4.78, 5) is 4.29. The molecule has 0 spiro atoms. The van der Waals surface area contributed by atoms with Crippen LogP contribution < -0.4 is 0 Å². The minimum atomic E-state index is -0.835. The van der Waals surface area contributed by atoms with Crippen molar-refractivity contribution in [1.29, 1.82) is 0 Å². The van der Waals surface area contributed by atoms with E-state index < -0.39 is 11.6 Å². The third-order valence-corrected chi connectivity index (χ3v) is 3.92. The van der Waals surface area contributed by atoms with Crippen molar-refractivity contribution in [2.24, 2.45) is 5.92 Å². The number of fused-ring (bicyclic) bond motifs is 1. The summed E-state index contributed by atoms with van der Waals surface area (Å²) < 4.78 is 29.1. The predicted octanol–water partition coefficient (Wildman–Crippen LogP) is 4.02. The maximum absolute atomic E-state index is 13.9. The molecule has 1 aliphatic rings. The standard InChI is InChI=1S/C13H13ClF2N2/c1-2-7-5-10(7)18-11(6-14)17-9-4-3-8(15)12(16)13(9)18/h3-4,7,10H,2,5-6H2,1H3. The van der Waals surface area contributed by atoms with Gasteiger partial charge < -0.3 is 4.57 Å². The molecule has 18 heavy (non-hydrogen) atoms.